The summed E-state index contributed by atoms with van der Waals surface area (Å²) in [7, 11) is 0. The van der Waals surface area contributed by atoms with Gasteiger partial charge in [0.1, 0.15) is 0 Å². The van der Waals surface area contributed by atoms with Crippen molar-refractivity contribution < 1.29 is 14.2 Å². The third kappa shape index (κ3) is 4.05. The molecule has 0 aliphatic carbocycles. The maximum absolute atomic E-state index is 5.54. The average Bonchev–Trinajstić information content (AvgIpc) is 3.46. The van der Waals surface area contributed by atoms with E-state index in [9.17, 15) is 0 Å². The molecule has 1 fully saturated rings. The first-order chi connectivity index (χ1) is 14.4. The van der Waals surface area contributed by atoms with E-state index in [-0.39, 0.29) is 6.79 Å². The number of thiophene rings is 1. The van der Waals surface area contributed by atoms with Gasteiger partial charge in [-0.05, 0) is 29.1 Å². The second kappa shape index (κ2) is 8.36. The number of nitrogens with zero attached hydrogens (tertiary/aromatic N) is 3. The van der Waals surface area contributed by atoms with Gasteiger partial charge >= 0.3 is 0 Å². The molecule has 7 nitrogen and oxygen atoms in total. The lowest BCUT2D eigenvalue weighted by molar-refractivity contribution is 0.0398. The Bertz CT molecular complexity index is 974. The molecule has 8 heteroatoms. The zero-order valence-corrected chi connectivity index (χ0v) is 16.8. The predicted octanol–water partition coefficient (Wildman–Crippen LogP) is 3.34. The van der Waals surface area contributed by atoms with Crippen LogP contribution in [-0.4, -0.2) is 61.1 Å². The highest BCUT2D eigenvalue weighted by molar-refractivity contribution is 7.13. The smallest absolute Gasteiger partial charge is 0.231 e. The number of nitrogens with one attached hydrogen (secondary N) is 1. The van der Waals surface area contributed by atoms with Gasteiger partial charge in [-0.25, -0.2) is 9.97 Å². The first-order valence-electron chi connectivity index (χ1n) is 9.72. The summed E-state index contributed by atoms with van der Waals surface area (Å²) in [5.74, 6) is 2.17. The van der Waals surface area contributed by atoms with Gasteiger partial charge in [0.05, 0.1) is 23.8 Å². The zero-order chi connectivity index (χ0) is 19.5. The molecule has 1 saturated heterocycles. The fourth-order valence-corrected chi connectivity index (χ4v) is 4.22. The molecule has 0 bridgehead atoms. The molecule has 0 unspecified atom stereocenters. The van der Waals surface area contributed by atoms with Crippen LogP contribution in [0.3, 0.4) is 0 Å². The fourth-order valence-electron chi connectivity index (χ4n) is 3.49. The largest absolute Gasteiger partial charge is 0.454 e. The van der Waals surface area contributed by atoms with Crippen LogP contribution in [0.15, 0.2) is 41.9 Å². The normalized spacial score (nSPS) is 16.1. The van der Waals surface area contributed by atoms with Crippen LogP contribution >= 0.6 is 11.3 Å². The SMILES string of the molecule is c1csc(-c2nc(NCCN3CCOCC3)ncc2-c2ccc3c(c2)OCO3)c1. The quantitative estimate of drug-likeness (QED) is 0.668. The molecular weight excluding hydrogens is 388 g/mol. The fraction of sp³-hybridized carbons (Fsp3) is 0.333. The molecule has 3 aromatic rings. The number of ether oxygens (including phenoxy) is 3. The van der Waals surface area contributed by atoms with E-state index in [0.29, 0.717) is 5.95 Å². The minimum Gasteiger partial charge on any atom is -0.454 e. The topological polar surface area (TPSA) is 68.7 Å². The minimum absolute atomic E-state index is 0.263. The van der Waals surface area contributed by atoms with E-state index in [1.807, 2.05) is 30.5 Å². The third-order valence-corrected chi connectivity index (χ3v) is 5.92. The minimum atomic E-state index is 0.263. The van der Waals surface area contributed by atoms with Gasteiger partial charge in [-0.2, -0.15) is 0 Å². The van der Waals surface area contributed by atoms with Crippen molar-refractivity contribution >= 4 is 17.3 Å². The van der Waals surface area contributed by atoms with Crippen LogP contribution in [0.1, 0.15) is 0 Å². The Morgan fingerprint density at radius 1 is 1.10 bits per heavy atom. The summed E-state index contributed by atoms with van der Waals surface area (Å²) < 4.78 is 16.4. The molecule has 1 N–H and O–H groups in total. The molecule has 0 radical (unpaired) electrons. The molecule has 29 heavy (non-hydrogen) atoms. The van der Waals surface area contributed by atoms with E-state index >= 15 is 0 Å². The molecule has 0 amide bonds. The lowest BCUT2D eigenvalue weighted by Gasteiger charge is -2.26. The number of rotatable bonds is 6. The summed E-state index contributed by atoms with van der Waals surface area (Å²) >= 11 is 1.67. The Morgan fingerprint density at radius 2 is 2.00 bits per heavy atom. The highest BCUT2D eigenvalue weighted by Crippen LogP contribution is 2.39. The van der Waals surface area contributed by atoms with Crippen molar-refractivity contribution in [1.29, 1.82) is 0 Å². The molecule has 2 aliphatic rings. The van der Waals surface area contributed by atoms with Crippen molar-refractivity contribution in [2.24, 2.45) is 0 Å². The van der Waals surface area contributed by atoms with Crippen LogP contribution in [0, 0.1) is 0 Å². The standard InChI is InChI=1S/C21H22N4O3S/c1-2-19(29-11-1)20-16(15-3-4-17-18(12-15)28-14-27-17)13-23-21(24-20)22-5-6-25-7-9-26-10-8-25/h1-4,11-13H,5-10,14H2,(H,22,23,24). The van der Waals surface area contributed by atoms with Crippen LogP contribution in [0.5, 0.6) is 11.5 Å². The van der Waals surface area contributed by atoms with Crippen molar-refractivity contribution in [2.45, 2.75) is 0 Å². The Balaban J connectivity index is 1.38. The van der Waals surface area contributed by atoms with Crippen LogP contribution in [-0.2, 0) is 4.74 Å². The molecule has 0 spiro atoms. The van der Waals surface area contributed by atoms with Crippen LogP contribution in [0.2, 0.25) is 0 Å². The molecule has 0 atom stereocenters. The predicted molar refractivity (Wildman–Crippen MR) is 113 cm³/mol. The summed E-state index contributed by atoms with van der Waals surface area (Å²) in [6, 6.07) is 10.1. The first-order valence-corrected chi connectivity index (χ1v) is 10.6. The lowest BCUT2D eigenvalue weighted by Crippen LogP contribution is -2.39. The van der Waals surface area contributed by atoms with Gasteiger partial charge in [-0.15, -0.1) is 11.3 Å². The first kappa shape index (κ1) is 18.4. The zero-order valence-electron chi connectivity index (χ0n) is 16.0. The van der Waals surface area contributed by atoms with E-state index < -0.39 is 0 Å². The van der Waals surface area contributed by atoms with Gasteiger partial charge in [0.15, 0.2) is 11.5 Å². The third-order valence-electron chi connectivity index (χ3n) is 5.04. The number of hydrogen-bond donors (Lipinski definition) is 1. The van der Waals surface area contributed by atoms with Crippen LogP contribution in [0.25, 0.3) is 21.7 Å². The molecule has 0 saturated carbocycles. The molecule has 2 aliphatic heterocycles. The Labute approximate surface area is 173 Å². The van der Waals surface area contributed by atoms with Gasteiger partial charge in [0.2, 0.25) is 12.7 Å². The van der Waals surface area contributed by atoms with Crippen molar-refractivity contribution in [3.05, 3.63) is 41.9 Å². The van der Waals surface area contributed by atoms with Gasteiger partial charge in [-0.1, -0.05) is 12.1 Å². The Hall–Kier alpha value is -2.68. The average molecular weight is 410 g/mol. The van der Waals surface area contributed by atoms with E-state index in [0.717, 1.165) is 72.6 Å². The number of aromatic nitrogens is 2. The van der Waals surface area contributed by atoms with Crippen molar-refractivity contribution in [3.8, 4) is 33.2 Å². The van der Waals surface area contributed by atoms with Gasteiger partial charge in [0.25, 0.3) is 0 Å². The lowest BCUT2D eigenvalue weighted by atomic mass is 10.0. The summed E-state index contributed by atoms with van der Waals surface area (Å²) in [6.45, 7) is 5.59. The molecular formula is C21H22N4O3S. The summed E-state index contributed by atoms with van der Waals surface area (Å²) in [5, 5.41) is 5.43. The number of benzene rings is 1. The van der Waals surface area contributed by atoms with Crippen molar-refractivity contribution in [3.63, 3.8) is 0 Å². The second-order valence-electron chi connectivity index (χ2n) is 6.88. The van der Waals surface area contributed by atoms with E-state index in [2.05, 4.69) is 26.6 Å². The highest BCUT2D eigenvalue weighted by atomic mass is 32.1. The monoisotopic (exact) mass is 410 g/mol. The second-order valence-corrected chi connectivity index (χ2v) is 7.83. The summed E-state index contributed by atoms with van der Waals surface area (Å²) in [5.41, 5.74) is 2.91. The molecule has 4 heterocycles. The Morgan fingerprint density at radius 3 is 2.86 bits per heavy atom. The molecule has 1 aromatic carbocycles. The van der Waals surface area contributed by atoms with Crippen molar-refractivity contribution in [2.75, 3.05) is 51.5 Å². The van der Waals surface area contributed by atoms with E-state index in [1.165, 1.54) is 0 Å². The number of morpholine rings is 1. The number of fused-ring (bicyclic) bond motifs is 1. The van der Waals surface area contributed by atoms with Gasteiger partial charge in [-0.3, -0.25) is 4.90 Å². The van der Waals surface area contributed by atoms with Gasteiger partial charge < -0.3 is 19.5 Å². The Kier molecular flexibility index (Phi) is 5.29. The molecule has 2 aromatic heterocycles. The van der Waals surface area contributed by atoms with Crippen LogP contribution in [0.4, 0.5) is 5.95 Å². The molecule has 5 rings (SSSR count). The van der Waals surface area contributed by atoms with Gasteiger partial charge in [0, 0.05) is 37.9 Å². The van der Waals surface area contributed by atoms with Crippen LogP contribution < -0.4 is 14.8 Å². The number of hydrogen-bond acceptors (Lipinski definition) is 8. The number of anilines is 1. The highest BCUT2D eigenvalue weighted by Gasteiger charge is 2.18. The summed E-state index contributed by atoms with van der Waals surface area (Å²) in [4.78, 5) is 12.9. The molecule has 150 valence electrons. The summed E-state index contributed by atoms with van der Waals surface area (Å²) in [6.07, 6.45) is 1.89. The maximum Gasteiger partial charge on any atom is 0.231 e. The van der Waals surface area contributed by atoms with E-state index in [1.54, 1.807) is 11.3 Å². The maximum atomic E-state index is 5.54. The van der Waals surface area contributed by atoms with Crippen molar-refractivity contribution in [1.82, 2.24) is 14.9 Å². The van der Waals surface area contributed by atoms with E-state index in [4.69, 9.17) is 19.2 Å².